The molecule has 17 heavy (non-hydrogen) atoms. The number of thioether (sulfide) groups is 1. The summed E-state index contributed by atoms with van der Waals surface area (Å²) in [6, 6.07) is 11.5. The van der Waals surface area contributed by atoms with Crippen molar-refractivity contribution < 1.29 is 8.78 Å². The zero-order chi connectivity index (χ0) is 12.3. The summed E-state index contributed by atoms with van der Waals surface area (Å²) in [6.07, 6.45) is 0. The highest BCUT2D eigenvalue weighted by atomic mass is 32.2. The van der Waals surface area contributed by atoms with Gasteiger partial charge in [0.25, 0.3) is 0 Å². The highest BCUT2D eigenvalue weighted by Crippen LogP contribution is 2.25. The first kappa shape index (κ1) is 11.9. The molecular formula is C13H11F2NS. The van der Waals surface area contributed by atoms with E-state index in [2.05, 4.69) is 0 Å². The largest absolute Gasteiger partial charge is 0.399 e. The van der Waals surface area contributed by atoms with Crippen LogP contribution < -0.4 is 5.73 Å². The van der Waals surface area contributed by atoms with E-state index in [0.717, 1.165) is 11.0 Å². The van der Waals surface area contributed by atoms with E-state index in [9.17, 15) is 8.78 Å². The minimum atomic E-state index is -0.805. The zero-order valence-electron chi connectivity index (χ0n) is 8.99. The first-order valence-corrected chi connectivity index (χ1v) is 6.06. The molecule has 0 aliphatic heterocycles. The second-order valence-corrected chi connectivity index (χ2v) is 4.62. The lowest BCUT2D eigenvalue weighted by Gasteiger charge is -2.04. The Bertz CT molecular complexity index is 511. The Labute approximate surface area is 103 Å². The molecule has 2 N–H and O–H groups in total. The predicted octanol–water partition coefficient (Wildman–Crippen LogP) is 3.84. The van der Waals surface area contributed by atoms with Crippen molar-refractivity contribution in [3.63, 3.8) is 0 Å². The lowest BCUT2D eigenvalue weighted by molar-refractivity contribution is 0.502. The maximum atomic E-state index is 13.4. The second-order valence-electron chi connectivity index (χ2n) is 3.57. The monoisotopic (exact) mass is 251 g/mol. The van der Waals surface area contributed by atoms with Crippen LogP contribution in [-0.2, 0) is 5.75 Å². The third-order valence-electron chi connectivity index (χ3n) is 2.31. The van der Waals surface area contributed by atoms with Crippen molar-refractivity contribution in [2.45, 2.75) is 10.6 Å². The van der Waals surface area contributed by atoms with Gasteiger partial charge < -0.3 is 5.73 Å². The predicted molar refractivity (Wildman–Crippen MR) is 66.8 cm³/mol. The van der Waals surface area contributed by atoms with Crippen molar-refractivity contribution in [3.05, 3.63) is 59.7 Å². The van der Waals surface area contributed by atoms with Crippen LogP contribution in [0.1, 0.15) is 5.56 Å². The quantitative estimate of drug-likeness (QED) is 0.662. The summed E-state index contributed by atoms with van der Waals surface area (Å²) in [5, 5.41) is 0. The first-order chi connectivity index (χ1) is 8.16. The molecule has 0 saturated carbocycles. The van der Waals surface area contributed by atoms with Gasteiger partial charge in [0.05, 0.1) is 0 Å². The average molecular weight is 251 g/mol. The maximum absolute atomic E-state index is 13.4. The summed E-state index contributed by atoms with van der Waals surface area (Å²) < 4.78 is 26.3. The van der Waals surface area contributed by atoms with E-state index in [4.69, 9.17) is 5.73 Å². The molecule has 0 atom stereocenters. The number of anilines is 1. The van der Waals surface area contributed by atoms with Gasteiger partial charge in [-0.05, 0) is 30.3 Å². The SMILES string of the molecule is Nc1ccc(SCc2cccc(F)c2F)cc1. The lowest BCUT2D eigenvalue weighted by atomic mass is 10.2. The van der Waals surface area contributed by atoms with Gasteiger partial charge in [0.1, 0.15) is 0 Å². The number of benzene rings is 2. The second kappa shape index (κ2) is 5.19. The van der Waals surface area contributed by atoms with Crippen LogP contribution in [0.4, 0.5) is 14.5 Å². The molecule has 2 aromatic rings. The van der Waals surface area contributed by atoms with Crippen LogP contribution in [0.15, 0.2) is 47.4 Å². The Morgan fingerprint density at radius 1 is 1.00 bits per heavy atom. The van der Waals surface area contributed by atoms with Crippen LogP contribution in [0.5, 0.6) is 0 Å². The average Bonchev–Trinajstić information content (AvgIpc) is 2.33. The molecular weight excluding hydrogens is 240 g/mol. The fourth-order valence-corrected chi connectivity index (χ4v) is 2.26. The lowest BCUT2D eigenvalue weighted by Crippen LogP contribution is -1.91. The van der Waals surface area contributed by atoms with Crippen LogP contribution in [0, 0.1) is 11.6 Å². The summed E-state index contributed by atoms with van der Waals surface area (Å²) in [6.45, 7) is 0. The van der Waals surface area contributed by atoms with Crippen molar-refractivity contribution in [1.29, 1.82) is 0 Å². The van der Waals surface area contributed by atoms with Crippen molar-refractivity contribution in [3.8, 4) is 0 Å². The Kier molecular flexibility index (Phi) is 3.64. The highest BCUT2D eigenvalue weighted by molar-refractivity contribution is 7.98. The van der Waals surface area contributed by atoms with Gasteiger partial charge in [0.2, 0.25) is 0 Å². The fraction of sp³-hybridized carbons (Fsp3) is 0.0769. The van der Waals surface area contributed by atoms with E-state index in [-0.39, 0.29) is 0 Å². The van der Waals surface area contributed by atoms with Crippen molar-refractivity contribution in [2.24, 2.45) is 0 Å². The number of rotatable bonds is 3. The third kappa shape index (κ3) is 2.97. The molecule has 0 bridgehead atoms. The molecule has 0 aromatic heterocycles. The number of nitrogens with two attached hydrogens (primary N) is 1. The van der Waals surface area contributed by atoms with Gasteiger partial charge in [-0.25, -0.2) is 8.78 Å². The molecule has 0 aliphatic carbocycles. The number of halogens is 2. The normalized spacial score (nSPS) is 10.5. The molecule has 4 heteroatoms. The van der Waals surface area contributed by atoms with Crippen LogP contribution in [0.3, 0.4) is 0 Å². The summed E-state index contributed by atoms with van der Waals surface area (Å²) in [4.78, 5) is 0.975. The van der Waals surface area contributed by atoms with E-state index >= 15 is 0 Å². The van der Waals surface area contributed by atoms with Crippen LogP contribution in [-0.4, -0.2) is 0 Å². The topological polar surface area (TPSA) is 26.0 Å². The molecule has 1 nitrogen and oxygen atoms in total. The summed E-state index contributed by atoms with van der Waals surface area (Å²) >= 11 is 1.44. The molecule has 2 rings (SSSR count). The molecule has 0 heterocycles. The minimum Gasteiger partial charge on any atom is -0.399 e. The Balaban J connectivity index is 2.07. The smallest absolute Gasteiger partial charge is 0.162 e. The Morgan fingerprint density at radius 3 is 2.41 bits per heavy atom. The van der Waals surface area contributed by atoms with E-state index in [0.29, 0.717) is 17.0 Å². The molecule has 0 spiro atoms. The van der Waals surface area contributed by atoms with Crippen LogP contribution in [0.2, 0.25) is 0 Å². The standard InChI is InChI=1S/C13H11F2NS/c14-12-3-1-2-9(13(12)15)8-17-11-6-4-10(16)5-7-11/h1-7H,8,16H2. The van der Waals surface area contributed by atoms with E-state index in [1.165, 1.54) is 17.8 Å². The summed E-state index contributed by atoms with van der Waals surface area (Å²) in [5.74, 6) is -1.18. The molecule has 0 unspecified atom stereocenters. The van der Waals surface area contributed by atoms with Gasteiger partial charge in [-0.2, -0.15) is 0 Å². The van der Waals surface area contributed by atoms with Gasteiger partial charge in [0.15, 0.2) is 11.6 Å². The molecule has 0 saturated heterocycles. The fourth-order valence-electron chi connectivity index (χ4n) is 1.39. The zero-order valence-corrected chi connectivity index (χ0v) is 9.81. The molecule has 0 radical (unpaired) electrons. The van der Waals surface area contributed by atoms with Gasteiger partial charge in [-0.15, -0.1) is 11.8 Å². The van der Waals surface area contributed by atoms with E-state index < -0.39 is 11.6 Å². The Hall–Kier alpha value is -1.55. The van der Waals surface area contributed by atoms with Crippen LogP contribution >= 0.6 is 11.8 Å². The minimum absolute atomic E-state index is 0.367. The summed E-state index contributed by atoms with van der Waals surface area (Å²) in [7, 11) is 0. The molecule has 0 fully saturated rings. The third-order valence-corrected chi connectivity index (χ3v) is 3.37. The summed E-state index contributed by atoms with van der Waals surface area (Å²) in [5.41, 5.74) is 6.61. The van der Waals surface area contributed by atoms with E-state index in [1.54, 1.807) is 18.2 Å². The first-order valence-electron chi connectivity index (χ1n) is 5.08. The molecule has 0 aliphatic rings. The number of hydrogen-bond acceptors (Lipinski definition) is 2. The molecule has 88 valence electrons. The van der Waals surface area contributed by atoms with Crippen LogP contribution in [0.25, 0.3) is 0 Å². The highest BCUT2D eigenvalue weighted by Gasteiger charge is 2.07. The van der Waals surface area contributed by atoms with Gasteiger partial charge in [0, 0.05) is 21.9 Å². The van der Waals surface area contributed by atoms with Crippen molar-refractivity contribution in [1.82, 2.24) is 0 Å². The van der Waals surface area contributed by atoms with Gasteiger partial charge in [-0.3, -0.25) is 0 Å². The Morgan fingerprint density at radius 2 is 1.71 bits per heavy atom. The van der Waals surface area contributed by atoms with Crippen molar-refractivity contribution in [2.75, 3.05) is 5.73 Å². The number of nitrogen functional groups attached to an aromatic ring is 1. The van der Waals surface area contributed by atoms with E-state index in [1.807, 2.05) is 12.1 Å². The van der Waals surface area contributed by atoms with Gasteiger partial charge >= 0.3 is 0 Å². The van der Waals surface area contributed by atoms with Crippen molar-refractivity contribution >= 4 is 17.4 Å². The van der Waals surface area contributed by atoms with Gasteiger partial charge in [-0.1, -0.05) is 12.1 Å². The number of hydrogen-bond donors (Lipinski definition) is 1. The maximum Gasteiger partial charge on any atom is 0.162 e. The molecule has 2 aromatic carbocycles. The molecule has 0 amide bonds.